The van der Waals surface area contributed by atoms with E-state index in [0.29, 0.717) is 11.6 Å². The van der Waals surface area contributed by atoms with Gasteiger partial charge in [-0.3, -0.25) is 14.8 Å². The van der Waals surface area contributed by atoms with Gasteiger partial charge in [-0.1, -0.05) is 24.3 Å². The summed E-state index contributed by atoms with van der Waals surface area (Å²) in [6.07, 6.45) is 2.03. The Labute approximate surface area is 207 Å². The maximum Gasteiger partial charge on any atom is 0.308 e. The molecule has 1 amide bonds. The number of hydrogen-bond acceptors (Lipinski definition) is 6. The second kappa shape index (κ2) is 9.46. The second-order valence-corrected chi connectivity index (χ2v) is 9.73. The van der Waals surface area contributed by atoms with Gasteiger partial charge in [0.2, 0.25) is 5.91 Å². The van der Waals surface area contributed by atoms with Crippen molar-refractivity contribution in [2.75, 3.05) is 11.4 Å². The van der Waals surface area contributed by atoms with Crippen LogP contribution in [0.4, 0.5) is 14.6 Å². The quantitative estimate of drug-likeness (QED) is 0.272. The van der Waals surface area contributed by atoms with Crippen LogP contribution in [0.15, 0.2) is 48.5 Å². The number of anilines is 1. The van der Waals surface area contributed by atoms with E-state index in [1.807, 2.05) is 30.3 Å². The minimum Gasteiger partial charge on any atom is -0.486 e. The highest BCUT2D eigenvalue weighted by atomic mass is 19.1. The number of rotatable bonds is 8. The van der Waals surface area contributed by atoms with Crippen LogP contribution in [0.3, 0.4) is 0 Å². The summed E-state index contributed by atoms with van der Waals surface area (Å²) < 4.78 is 34.5. The van der Waals surface area contributed by atoms with Gasteiger partial charge in [-0.15, -0.1) is 0 Å². The molecule has 2 N–H and O–H groups in total. The molecule has 1 unspecified atom stereocenters. The highest BCUT2D eigenvalue weighted by Gasteiger charge is 2.63. The summed E-state index contributed by atoms with van der Waals surface area (Å²) in [5.41, 5.74) is 1.97. The molecule has 0 bridgehead atoms. The average Bonchev–Trinajstić information content (AvgIpc) is 3.45. The standard InChI is InChI=1S/C27H27F2N3O4/c1-16-5-4-10-32(16)24-12-18(19-6-2-3-7-22(19)30-24)15-36-23-9-8-17(11-21(23)28)13-27(26(29)34)14-20(27)25(33)31-35/h2-3,6-9,11-12,16,20,35H,4-5,10,13-15H2,1H3,(H,31,33)/t16?,20-,27+/m1/s1. The molecule has 2 aliphatic rings. The van der Waals surface area contributed by atoms with Gasteiger partial charge >= 0.3 is 6.04 Å². The number of nitrogens with zero attached hydrogens (tertiary/aromatic N) is 2. The van der Waals surface area contributed by atoms with E-state index in [9.17, 15) is 18.4 Å². The van der Waals surface area contributed by atoms with Crippen LogP contribution < -0.4 is 15.1 Å². The zero-order valence-electron chi connectivity index (χ0n) is 19.8. The van der Waals surface area contributed by atoms with Gasteiger partial charge in [-0.2, -0.15) is 4.39 Å². The highest BCUT2D eigenvalue weighted by molar-refractivity contribution is 5.92. The van der Waals surface area contributed by atoms with E-state index in [0.717, 1.165) is 41.7 Å². The average molecular weight is 496 g/mol. The number of ether oxygens (including phenoxy) is 1. The molecule has 7 nitrogen and oxygen atoms in total. The Morgan fingerprint density at radius 3 is 2.75 bits per heavy atom. The van der Waals surface area contributed by atoms with Crippen molar-refractivity contribution >= 4 is 28.7 Å². The maximum absolute atomic E-state index is 14.9. The Bertz CT molecular complexity index is 1330. The van der Waals surface area contributed by atoms with E-state index in [-0.39, 0.29) is 25.2 Å². The molecule has 1 saturated carbocycles. The minimum atomic E-state index is -1.65. The fraction of sp³-hybridized carbons (Fsp3) is 0.370. The van der Waals surface area contributed by atoms with Gasteiger partial charge in [-0.05, 0) is 62.4 Å². The molecule has 1 aromatic heterocycles. The molecule has 36 heavy (non-hydrogen) atoms. The fourth-order valence-electron chi connectivity index (χ4n) is 5.27. The molecule has 3 aromatic rings. The second-order valence-electron chi connectivity index (χ2n) is 9.73. The maximum atomic E-state index is 14.9. The first-order valence-electron chi connectivity index (χ1n) is 12.0. The summed E-state index contributed by atoms with van der Waals surface area (Å²) in [4.78, 5) is 30.3. The molecular weight excluding hydrogens is 468 g/mol. The lowest BCUT2D eigenvalue weighted by atomic mass is 9.94. The van der Waals surface area contributed by atoms with Crippen molar-refractivity contribution in [3.05, 3.63) is 65.5 Å². The van der Waals surface area contributed by atoms with Gasteiger partial charge < -0.3 is 9.64 Å². The Morgan fingerprint density at radius 2 is 2.06 bits per heavy atom. The lowest BCUT2D eigenvalue weighted by molar-refractivity contribution is -0.140. The first-order chi connectivity index (χ1) is 17.3. The molecule has 0 radical (unpaired) electrons. The normalized spacial score (nSPS) is 23.1. The molecule has 2 heterocycles. The molecule has 2 aromatic carbocycles. The zero-order chi connectivity index (χ0) is 25.4. The molecule has 3 atom stereocenters. The number of hydroxylamine groups is 1. The highest BCUT2D eigenvalue weighted by Crippen LogP contribution is 2.56. The number of aromatic nitrogens is 1. The van der Waals surface area contributed by atoms with Gasteiger partial charge in [0.05, 0.1) is 16.8 Å². The number of carbonyl (C=O) groups excluding carboxylic acids is 2. The van der Waals surface area contributed by atoms with Crippen molar-refractivity contribution in [3.63, 3.8) is 0 Å². The SMILES string of the molecule is CC1CCCN1c1cc(COc2ccc(C[C@]3(C(=O)F)C[C@@H]3C(=O)NO)cc2F)c2ccccc2n1. The van der Waals surface area contributed by atoms with Crippen LogP contribution in [0.25, 0.3) is 10.9 Å². The number of carbonyl (C=O) groups is 2. The van der Waals surface area contributed by atoms with Crippen LogP contribution in [0.1, 0.15) is 37.3 Å². The summed E-state index contributed by atoms with van der Waals surface area (Å²) in [6.45, 7) is 3.24. The van der Waals surface area contributed by atoms with Crippen molar-refractivity contribution in [2.24, 2.45) is 11.3 Å². The summed E-state index contributed by atoms with van der Waals surface area (Å²) in [7, 11) is 0. The number of benzene rings is 2. The smallest absolute Gasteiger partial charge is 0.308 e. The number of amides is 1. The number of fused-ring (bicyclic) bond motifs is 1. The molecule has 0 spiro atoms. The van der Waals surface area contributed by atoms with Gasteiger partial charge in [-0.25, -0.2) is 14.9 Å². The predicted molar refractivity (Wildman–Crippen MR) is 129 cm³/mol. The molecule has 5 rings (SSSR count). The van der Waals surface area contributed by atoms with E-state index >= 15 is 0 Å². The predicted octanol–water partition coefficient (Wildman–Crippen LogP) is 4.49. The molecular formula is C27H27F2N3O4. The number of halogens is 2. The van der Waals surface area contributed by atoms with E-state index < -0.39 is 29.1 Å². The van der Waals surface area contributed by atoms with Crippen molar-refractivity contribution in [2.45, 2.75) is 45.3 Å². The fourth-order valence-corrected chi connectivity index (χ4v) is 5.27. The van der Waals surface area contributed by atoms with Crippen LogP contribution in [0.5, 0.6) is 5.75 Å². The monoisotopic (exact) mass is 495 g/mol. The lowest BCUT2D eigenvalue weighted by Gasteiger charge is -2.24. The summed E-state index contributed by atoms with van der Waals surface area (Å²) in [5.74, 6) is -1.55. The summed E-state index contributed by atoms with van der Waals surface area (Å²) >= 11 is 0. The Hall–Kier alpha value is -3.59. The van der Waals surface area contributed by atoms with Crippen molar-refractivity contribution in [1.82, 2.24) is 10.5 Å². The number of para-hydroxylation sites is 1. The van der Waals surface area contributed by atoms with Gasteiger partial charge in [0.1, 0.15) is 12.4 Å². The van der Waals surface area contributed by atoms with Crippen LogP contribution in [-0.2, 0) is 22.6 Å². The molecule has 1 saturated heterocycles. The van der Waals surface area contributed by atoms with Crippen LogP contribution in [0.2, 0.25) is 0 Å². The first-order valence-corrected chi connectivity index (χ1v) is 12.0. The molecule has 188 valence electrons. The Kier molecular flexibility index (Phi) is 6.34. The third-order valence-corrected chi connectivity index (χ3v) is 7.43. The van der Waals surface area contributed by atoms with Gasteiger partial charge in [0, 0.05) is 23.5 Å². The first kappa shape index (κ1) is 24.1. The van der Waals surface area contributed by atoms with Crippen molar-refractivity contribution < 1.29 is 28.3 Å². The minimum absolute atomic E-state index is 0.0248. The molecule has 9 heteroatoms. The van der Waals surface area contributed by atoms with E-state index in [2.05, 4.69) is 11.8 Å². The zero-order valence-corrected chi connectivity index (χ0v) is 19.8. The molecule has 1 aliphatic heterocycles. The molecule has 2 fully saturated rings. The third-order valence-electron chi connectivity index (χ3n) is 7.43. The van der Waals surface area contributed by atoms with Crippen molar-refractivity contribution in [3.8, 4) is 5.75 Å². The number of pyridine rings is 1. The third kappa shape index (κ3) is 4.39. The van der Waals surface area contributed by atoms with E-state index in [1.165, 1.54) is 17.6 Å². The summed E-state index contributed by atoms with van der Waals surface area (Å²) in [5, 5.41) is 9.73. The lowest BCUT2D eigenvalue weighted by Crippen LogP contribution is -2.27. The van der Waals surface area contributed by atoms with Crippen molar-refractivity contribution in [1.29, 1.82) is 0 Å². The largest absolute Gasteiger partial charge is 0.486 e. The topological polar surface area (TPSA) is 91.8 Å². The van der Waals surface area contributed by atoms with Crippen LogP contribution in [0, 0.1) is 17.2 Å². The Morgan fingerprint density at radius 1 is 1.25 bits per heavy atom. The summed E-state index contributed by atoms with van der Waals surface area (Å²) in [6, 6.07) is 12.7. The number of nitrogens with one attached hydrogen (secondary N) is 1. The van der Waals surface area contributed by atoms with Crippen LogP contribution in [-0.4, -0.2) is 34.7 Å². The van der Waals surface area contributed by atoms with E-state index in [1.54, 1.807) is 6.07 Å². The van der Waals surface area contributed by atoms with Gasteiger partial charge in [0.15, 0.2) is 11.6 Å². The van der Waals surface area contributed by atoms with E-state index in [4.69, 9.17) is 14.9 Å². The van der Waals surface area contributed by atoms with Gasteiger partial charge in [0.25, 0.3) is 0 Å². The Balaban J connectivity index is 1.35. The molecule has 1 aliphatic carbocycles. The number of hydrogen-bond donors (Lipinski definition) is 2. The van der Waals surface area contributed by atoms with Crippen LogP contribution >= 0.6 is 0 Å².